The molecule has 0 saturated carbocycles. The summed E-state index contributed by atoms with van der Waals surface area (Å²) in [4.78, 5) is 27.6. The molecule has 1 aliphatic carbocycles. The standard InChI is InChI=1S/C22H33NO4/c1-14-7-6-8-15(2)11-18-16(17(13-23(4)5)21(25)26-18)12-19(24)22(3)20(27-22)10-9-14/h7,11,16-18,20H,6,8-10,12-13H2,1-5H3. The van der Waals surface area contributed by atoms with Gasteiger partial charge in [-0.15, -0.1) is 0 Å². The molecule has 0 aromatic heterocycles. The van der Waals surface area contributed by atoms with Crippen molar-refractivity contribution in [2.24, 2.45) is 11.8 Å². The van der Waals surface area contributed by atoms with E-state index in [-0.39, 0.29) is 35.8 Å². The first kappa shape index (κ1) is 20.3. The number of ether oxygens (including phenoxy) is 2. The van der Waals surface area contributed by atoms with Crippen molar-refractivity contribution in [2.45, 2.75) is 70.7 Å². The fraction of sp³-hybridized carbons (Fsp3) is 0.727. The Balaban J connectivity index is 1.87. The molecule has 0 radical (unpaired) electrons. The van der Waals surface area contributed by atoms with Crippen molar-refractivity contribution in [3.05, 3.63) is 23.3 Å². The smallest absolute Gasteiger partial charge is 0.311 e. The van der Waals surface area contributed by atoms with Crippen LogP contribution in [0.15, 0.2) is 23.3 Å². The fourth-order valence-corrected chi connectivity index (χ4v) is 4.36. The van der Waals surface area contributed by atoms with E-state index in [1.807, 2.05) is 25.9 Å². The maximum Gasteiger partial charge on any atom is 0.311 e. The Bertz CT molecular complexity index is 665. The van der Waals surface area contributed by atoms with Gasteiger partial charge in [-0.3, -0.25) is 9.59 Å². The van der Waals surface area contributed by atoms with E-state index in [1.54, 1.807) is 0 Å². The molecule has 3 rings (SSSR count). The van der Waals surface area contributed by atoms with Gasteiger partial charge >= 0.3 is 5.97 Å². The molecule has 0 aromatic rings. The third-order valence-corrected chi connectivity index (χ3v) is 6.26. The number of hydrogen-bond acceptors (Lipinski definition) is 5. The summed E-state index contributed by atoms with van der Waals surface area (Å²) in [5, 5.41) is 0. The van der Waals surface area contributed by atoms with E-state index < -0.39 is 5.60 Å². The van der Waals surface area contributed by atoms with Gasteiger partial charge in [0.15, 0.2) is 5.78 Å². The minimum atomic E-state index is -0.692. The minimum absolute atomic E-state index is 0.00246. The Labute approximate surface area is 162 Å². The predicted molar refractivity (Wildman–Crippen MR) is 104 cm³/mol. The molecule has 5 nitrogen and oxygen atoms in total. The molecule has 0 aromatic carbocycles. The Hall–Kier alpha value is -1.46. The molecule has 5 heteroatoms. The number of rotatable bonds is 2. The number of ketones is 1. The lowest BCUT2D eigenvalue weighted by Crippen LogP contribution is -2.35. The van der Waals surface area contributed by atoms with Gasteiger partial charge in [-0.05, 0) is 66.6 Å². The number of Topliss-reactive ketones (excluding diaryl/α,β-unsaturated/α-hetero) is 1. The van der Waals surface area contributed by atoms with E-state index >= 15 is 0 Å². The molecule has 0 bridgehead atoms. The third-order valence-electron chi connectivity index (χ3n) is 6.26. The molecule has 3 aliphatic rings. The molecule has 0 N–H and O–H groups in total. The van der Waals surface area contributed by atoms with Crippen LogP contribution in [0.1, 0.15) is 52.9 Å². The van der Waals surface area contributed by atoms with E-state index in [2.05, 4.69) is 26.0 Å². The summed E-state index contributed by atoms with van der Waals surface area (Å²) in [6.07, 6.45) is 8.13. The molecule has 27 heavy (non-hydrogen) atoms. The molecule has 2 saturated heterocycles. The highest BCUT2D eigenvalue weighted by Crippen LogP contribution is 2.44. The topological polar surface area (TPSA) is 59.1 Å². The van der Waals surface area contributed by atoms with Crippen LogP contribution in [0.5, 0.6) is 0 Å². The molecular weight excluding hydrogens is 342 g/mol. The summed E-state index contributed by atoms with van der Waals surface area (Å²) in [7, 11) is 3.89. The summed E-state index contributed by atoms with van der Waals surface area (Å²) in [5.74, 6) is -0.471. The van der Waals surface area contributed by atoms with Crippen LogP contribution in [-0.4, -0.2) is 55.1 Å². The first-order chi connectivity index (χ1) is 12.7. The maximum atomic E-state index is 13.1. The number of esters is 1. The summed E-state index contributed by atoms with van der Waals surface area (Å²) < 4.78 is 11.5. The Morgan fingerprint density at radius 1 is 1.19 bits per heavy atom. The van der Waals surface area contributed by atoms with E-state index in [0.29, 0.717) is 13.0 Å². The summed E-state index contributed by atoms with van der Waals surface area (Å²) >= 11 is 0. The Morgan fingerprint density at radius 2 is 1.93 bits per heavy atom. The highest BCUT2D eigenvalue weighted by molar-refractivity contribution is 5.91. The van der Waals surface area contributed by atoms with Crippen LogP contribution >= 0.6 is 0 Å². The summed E-state index contributed by atoms with van der Waals surface area (Å²) in [5.41, 5.74) is 1.87. The van der Waals surface area contributed by atoms with E-state index in [1.165, 1.54) is 11.1 Å². The van der Waals surface area contributed by atoms with Crippen LogP contribution in [0.4, 0.5) is 0 Å². The lowest BCUT2D eigenvalue weighted by Gasteiger charge is -2.22. The number of fused-ring (bicyclic) bond motifs is 2. The number of nitrogens with zero attached hydrogens (tertiary/aromatic N) is 1. The largest absolute Gasteiger partial charge is 0.458 e. The second-order valence-electron chi connectivity index (χ2n) is 8.92. The Kier molecular flexibility index (Phi) is 5.92. The van der Waals surface area contributed by atoms with Gasteiger partial charge in [0.25, 0.3) is 0 Å². The van der Waals surface area contributed by atoms with Crippen LogP contribution in [0.2, 0.25) is 0 Å². The number of carbonyl (C=O) groups excluding carboxylic acids is 2. The van der Waals surface area contributed by atoms with Crippen LogP contribution in [0.3, 0.4) is 0 Å². The fourth-order valence-electron chi connectivity index (χ4n) is 4.36. The zero-order valence-corrected chi connectivity index (χ0v) is 17.3. The van der Waals surface area contributed by atoms with Gasteiger partial charge in [-0.25, -0.2) is 0 Å². The molecular formula is C22H33NO4. The first-order valence-corrected chi connectivity index (χ1v) is 10.1. The Morgan fingerprint density at radius 3 is 2.63 bits per heavy atom. The second kappa shape index (κ2) is 7.88. The van der Waals surface area contributed by atoms with E-state index in [4.69, 9.17) is 9.47 Å². The van der Waals surface area contributed by atoms with Gasteiger partial charge in [0.2, 0.25) is 0 Å². The molecule has 5 unspecified atom stereocenters. The van der Waals surface area contributed by atoms with Crippen molar-refractivity contribution >= 4 is 11.8 Å². The zero-order valence-electron chi connectivity index (χ0n) is 17.3. The number of hydrogen-bond donors (Lipinski definition) is 0. The van der Waals surface area contributed by atoms with Gasteiger partial charge in [0.1, 0.15) is 11.7 Å². The molecule has 2 fully saturated rings. The number of epoxide rings is 1. The zero-order chi connectivity index (χ0) is 19.8. The van der Waals surface area contributed by atoms with Gasteiger partial charge in [-0.2, -0.15) is 0 Å². The average Bonchev–Trinajstić information content (AvgIpc) is 3.18. The average molecular weight is 376 g/mol. The molecule has 0 spiro atoms. The maximum absolute atomic E-state index is 13.1. The monoisotopic (exact) mass is 375 g/mol. The van der Waals surface area contributed by atoms with Crippen molar-refractivity contribution < 1.29 is 19.1 Å². The lowest BCUT2D eigenvalue weighted by atomic mass is 9.81. The van der Waals surface area contributed by atoms with E-state index in [9.17, 15) is 9.59 Å². The molecule has 2 aliphatic heterocycles. The van der Waals surface area contributed by atoms with Gasteiger partial charge < -0.3 is 14.4 Å². The van der Waals surface area contributed by atoms with Crippen LogP contribution in [0.25, 0.3) is 0 Å². The molecule has 5 atom stereocenters. The van der Waals surface area contributed by atoms with Crippen LogP contribution < -0.4 is 0 Å². The summed E-state index contributed by atoms with van der Waals surface area (Å²) in [6, 6.07) is 0. The molecule has 0 amide bonds. The second-order valence-corrected chi connectivity index (χ2v) is 8.92. The van der Waals surface area contributed by atoms with Crippen molar-refractivity contribution in [1.82, 2.24) is 4.90 Å². The highest BCUT2D eigenvalue weighted by atomic mass is 16.6. The van der Waals surface area contributed by atoms with Gasteiger partial charge in [0, 0.05) is 18.9 Å². The SMILES string of the molecule is CC1=CC2OC(=O)C(CN(C)C)C2CC(=O)C2(C)OC2CCC(C)=CCC1. The van der Waals surface area contributed by atoms with Crippen LogP contribution in [-0.2, 0) is 19.1 Å². The van der Waals surface area contributed by atoms with Crippen molar-refractivity contribution in [1.29, 1.82) is 0 Å². The number of carbonyl (C=O) groups is 2. The third kappa shape index (κ3) is 4.52. The molecule has 2 heterocycles. The first-order valence-electron chi connectivity index (χ1n) is 10.1. The molecule has 150 valence electrons. The van der Waals surface area contributed by atoms with Crippen molar-refractivity contribution in [2.75, 3.05) is 20.6 Å². The normalized spacial score (nSPS) is 37.7. The quantitative estimate of drug-likeness (QED) is 0.421. The van der Waals surface area contributed by atoms with Gasteiger partial charge in [-0.1, -0.05) is 17.2 Å². The van der Waals surface area contributed by atoms with Gasteiger partial charge in [0.05, 0.1) is 12.0 Å². The summed E-state index contributed by atoms with van der Waals surface area (Å²) in [6.45, 7) is 6.73. The van der Waals surface area contributed by atoms with E-state index in [0.717, 1.165) is 25.7 Å². The number of allylic oxidation sites excluding steroid dienone is 3. The predicted octanol–water partition coefficient (Wildman–Crippen LogP) is 3.29. The van der Waals surface area contributed by atoms with Crippen molar-refractivity contribution in [3.8, 4) is 0 Å². The minimum Gasteiger partial charge on any atom is -0.458 e. The highest BCUT2D eigenvalue weighted by Gasteiger charge is 2.58. The lowest BCUT2D eigenvalue weighted by molar-refractivity contribution is -0.143. The van der Waals surface area contributed by atoms with Crippen molar-refractivity contribution in [3.63, 3.8) is 0 Å². The van der Waals surface area contributed by atoms with Crippen LogP contribution in [0, 0.1) is 11.8 Å².